The van der Waals surface area contributed by atoms with Crippen LogP contribution in [0.5, 0.6) is 0 Å². The number of hydrogen-bond donors (Lipinski definition) is 1. The van der Waals surface area contributed by atoms with Crippen molar-refractivity contribution in [3.63, 3.8) is 0 Å². The Morgan fingerprint density at radius 3 is 2.53 bits per heavy atom. The lowest BCUT2D eigenvalue weighted by molar-refractivity contribution is -0.119. The minimum Gasteiger partial charge on any atom is -0.353 e. The monoisotopic (exact) mass is 501 g/mol. The summed E-state index contributed by atoms with van der Waals surface area (Å²) in [6, 6.07) is 7.53. The summed E-state index contributed by atoms with van der Waals surface area (Å²) >= 11 is 7.26. The lowest BCUT2D eigenvalue weighted by Crippen LogP contribution is -2.37. The zero-order chi connectivity index (χ0) is 24.0. The van der Waals surface area contributed by atoms with Gasteiger partial charge in [0.15, 0.2) is 16.3 Å². The van der Waals surface area contributed by atoms with Crippen molar-refractivity contribution in [3.05, 3.63) is 55.7 Å². The Labute approximate surface area is 203 Å². The fourth-order valence-corrected chi connectivity index (χ4v) is 5.38. The number of benzene rings is 1. The van der Waals surface area contributed by atoms with Gasteiger partial charge in [0.05, 0.1) is 12.3 Å². The molecular formula is C22H24ClN7O3S. The summed E-state index contributed by atoms with van der Waals surface area (Å²) in [6.07, 6.45) is 4.29. The van der Waals surface area contributed by atoms with E-state index in [-0.39, 0.29) is 17.7 Å². The number of carbonyl (C=O) groups excluding carboxylic acids is 1. The highest BCUT2D eigenvalue weighted by atomic mass is 35.5. The lowest BCUT2D eigenvalue weighted by atomic mass is 10.2. The maximum Gasteiger partial charge on any atom is 0.332 e. The standard InChI is InChI=1S/C22H24ClN7O3S/c1-27-18-17(19(32)28(2)22(27)33)29(11-13-7-9-14(23)10-8-13)20-25-26-21(30(18)20)34-12-16(31)24-15-5-3-4-6-15/h7-10,15H,3-6,11-12H2,1-2H3,(H,24,31). The molecule has 1 saturated carbocycles. The van der Waals surface area contributed by atoms with Gasteiger partial charge >= 0.3 is 5.69 Å². The molecule has 0 radical (unpaired) electrons. The number of halogens is 1. The summed E-state index contributed by atoms with van der Waals surface area (Å²) in [4.78, 5) is 38.4. The van der Waals surface area contributed by atoms with Crippen molar-refractivity contribution in [2.45, 2.75) is 43.4 Å². The van der Waals surface area contributed by atoms with E-state index < -0.39 is 11.2 Å². The first-order valence-electron chi connectivity index (χ1n) is 11.0. The van der Waals surface area contributed by atoms with Crippen LogP contribution in [0.4, 0.5) is 0 Å². The van der Waals surface area contributed by atoms with Crippen LogP contribution in [0.15, 0.2) is 39.0 Å². The number of thioether (sulfide) groups is 1. The van der Waals surface area contributed by atoms with E-state index in [1.807, 2.05) is 12.1 Å². The Hall–Kier alpha value is -3.05. The Bertz CT molecular complexity index is 1510. The molecule has 12 heteroatoms. The largest absolute Gasteiger partial charge is 0.353 e. The van der Waals surface area contributed by atoms with Gasteiger partial charge in [0, 0.05) is 25.2 Å². The van der Waals surface area contributed by atoms with Gasteiger partial charge in [-0.1, -0.05) is 48.3 Å². The zero-order valence-corrected chi connectivity index (χ0v) is 20.4. The minimum absolute atomic E-state index is 0.0663. The van der Waals surface area contributed by atoms with E-state index in [1.165, 1.54) is 23.4 Å². The maximum absolute atomic E-state index is 13.2. The molecule has 0 spiro atoms. The van der Waals surface area contributed by atoms with Gasteiger partial charge in [-0.2, -0.15) is 0 Å². The molecule has 1 aliphatic carbocycles. The molecule has 1 N–H and O–H groups in total. The fourth-order valence-electron chi connectivity index (χ4n) is 4.52. The summed E-state index contributed by atoms with van der Waals surface area (Å²) in [7, 11) is 3.06. The second-order valence-electron chi connectivity index (χ2n) is 8.55. The predicted octanol–water partition coefficient (Wildman–Crippen LogP) is 1.93. The molecule has 0 aliphatic heterocycles. The van der Waals surface area contributed by atoms with Gasteiger partial charge in [0.1, 0.15) is 0 Å². The first-order valence-corrected chi connectivity index (χ1v) is 12.4. The van der Waals surface area contributed by atoms with Crippen LogP contribution in [0.3, 0.4) is 0 Å². The molecule has 34 heavy (non-hydrogen) atoms. The van der Waals surface area contributed by atoms with Gasteiger partial charge in [-0.05, 0) is 30.5 Å². The van der Waals surface area contributed by atoms with Gasteiger partial charge in [0.2, 0.25) is 11.7 Å². The summed E-state index contributed by atoms with van der Waals surface area (Å²) in [5, 5.41) is 12.7. The van der Waals surface area contributed by atoms with Gasteiger partial charge < -0.3 is 5.32 Å². The average Bonchev–Trinajstić information content (AvgIpc) is 3.54. The van der Waals surface area contributed by atoms with Crippen molar-refractivity contribution in [3.8, 4) is 0 Å². The SMILES string of the molecule is Cn1c(=O)c2c(n(C)c1=O)n1c(SCC(=O)NC3CCCC3)nnc1n2Cc1ccc(Cl)cc1. The van der Waals surface area contributed by atoms with Crippen molar-refractivity contribution in [2.75, 3.05) is 5.75 Å². The molecule has 0 saturated heterocycles. The number of aryl methyl sites for hydroxylation is 1. The van der Waals surface area contributed by atoms with Gasteiger partial charge in [-0.25, -0.2) is 9.20 Å². The molecule has 178 valence electrons. The zero-order valence-electron chi connectivity index (χ0n) is 18.8. The molecule has 0 atom stereocenters. The molecule has 5 rings (SSSR count). The van der Waals surface area contributed by atoms with E-state index in [0.29, 0.717) is 33.7 Å². The third kappa shape index (κ3) is 3.92. The summed E-state index contributed by atoms with van der Waals surface area (Å²) < 4.78 is 5.92. The number of fused-ring (bicyclic) bond motifs is 3. The Morgan fingerprint density at radius 2 is 1.82 bits per heavy atom. The van der Waals surface area contributed by atoms with Gasteiger partial charge in [-0.15, -0.1) is 10.2 Å². The molecule has 0 bridgehead atoms. The average molecular weight is 502 g/mol. The van der Waals surface area contributed by atoms with Crippen LogP contribution in [-0.2, 0) is 25.4 Å². The van der Waals surface area contributed by atoms with Gasteiger partial charge in [-0.3, -0.25) is 23.3 Å². The molecule has 1 fully saturated rings. The number of carbonyl (C=O) groups is 1. The number of amides is 1. The smallest absolute Gasteiger partial charge is 0.332 e. The van der Waals surface area contributed by atoms with Crippen LogP contribution in [-0.4, -0.2) is 46.0 Å². The molecule has 1 amide bonds. The lowest BCUT2D eigenvalue weighted by Gasteiger charge is -2.11. The second-order valence-corrected chi connectivity index (χ2v) is 9.93. The van der Waals surface area contributed by atoms with E-state index in [9.17, 15) is 14.4 Å². The van der Waals surface area contributed by atoms with Crippen LogP contribution >= 0.6 is 23.4 Å². The Morgan fingerprint density at radius 1 is 1.12 bits per heavy atom. The van der Waals surface area contributed by atoms with Crippen molar-refractivity contribution >= 4 is 46.2 Å². The quantitative estimate of drug-likeness (QED) is 0.404. The first-order chi connectivity index (χ1) is 16.3. The highest BCUT2D eigenvalue weighted by Crippen LogP contribution is 2.25. The number of nitrogens with zero attached hydrogens (tertiary/aromatic N) is 6. The molecule has 0 unspecified atom stereocenters. The van der Waals surface area contributed by atoms with Crippen molar-refractivity contribution in [1.29, 1.82) is 0 Å². The van der Waals surface area contributed by atoms with E-state index in [1.54, 1.807) is 28.1 Å². The van der Waals surface area contributed by atoms with Crippen LogP contribution in [0.2, 0.25) is 5.02 Å². The molecule has 3 heterocycles. The summed E-state index contributed by atoms with van der Waals surface area (Å²) in [5.41, 5.74) is 0.759. The van der Waals surface area contributed by atoms with Crippen LogP contribution in [0.25, 0.3) is 16.9 Å². The third-order valence-electron chi connectivity index (χ3n) is 6.26. The van der Waals surface area contributed by atoms with Crippen molar-refractivity contribution < 1.29 is 4.79 Å². The second kappa shape index (κ2) is 8.95. The van der Waals surface area contributed by atoms with E-state index in [2.05, 4.69) is 15.5 Å². The molecule has 1 aromatic carbocycles. The van der Waals surface area contributed by atoms with Crippen LogP contribution in [0.1, 0.15) is 31.2 Å². The van der Waals surface area contributed by atoms with Crippen molar-refractivity contribution in [2.24, 2.45) is 14.1 Å². The number of aromatic nitrogens is 6. The van der Waals surface area contributed by atoms with Crippen LogP contribution in [0, 0.1) is 0 Å². The predicted molar refractivity (Wildman–Crippen MR) is 131 cm³/mol. The molecule has 1 aliphatic rings. The maximum atomic E-state index is 13.2. The molecule has 10 nitrogen and oxygen atoms in total. The third-order valence-corrected chi connectivity index (χ3v) is 7.44. The first kappa shape index (κ1) is 22.7. The normalized spacial score (nSPS) is 14.4. The fraction of sp³-hybridized carbons (Fsp3) is 0.409. The number of nitrogens with one attached hydrogen (secondary N) is 1. The Balaban J connectivity index is 1.59. The van der Waals surface area contributed by atoms with Crippen molar-refractivity contribution in [1.82, 2.24) is 33.6 Å². The number of imidazole rings is 1. The topological polar surface area (TPSA) is 108 Å². The van der Waals surface area contributed by atoms with E-state index >= 15 is 0 Å². The number of rotatable bonds is 6. The summed E-state index contributed by atoms with van der Waals surface area (Å²) in [5.74, 6) is 0.519. The van der Waals surface area contributed by atoms with Gasteiger partial charge in [0.25, 0.3) is 5.56 Å². The van der Waals surface area contributed by atoms with Crippen LogP contribution < -0.4 is 16.6 Å². The highest BCUT2D eigenvalue weighted by Gasteiger charge is 2.24. The molecule has 4 aromatic rings. The Kier molecular flexibility index (Phi) is 5.98. The number of hydrogen-bond acceptors (Lipinski definition) is 6. The van der Waals surface area contributed by atoms with E-state index in [4.69, 9.17) is 11.6 Å². The molecule has 3 aromatic heterocycles. The minimum atomic E-state index is -0.452. The highest BCUT2D eigenvalue weighted by molar-refractivity contribution is 7.99. The molecular weight excluding hydrogens is 478 g/mol. The van der Waals surface area contributed by atoms with E-state index in [0.717, 1.165) is 35.8 Å². The summed E-state index contributed by atoms with van der Waals surface area (Å²) in [6.45, 7) is 0.336.